The van der Waals surface area contributed by atoms with E-state index < -0.39 is 0 Å². The Morgan fingerprint density at radius 2 is 2.05 bits per heavy atom. The van der Waals surface area contributed by atoms with Gasteiger partial charge in [0.1, 0.15) is 0 Å². The third-order valence-corrected chi connectivity index (χ3v) is 4.27. The molecule has 0 bridgehead atoms. The van der Waals surface area contributed by atoms with Crippen molar-refractivity contribution in [2.45, 2.75) is 45.1 Å². The number of nitrogens with one attached hydrogen (secondary N) is 1. The second kappa shape index (κ2) is 6.20. The molecule has 104 valence electrons. The van der Waals surface area contributed by atoms with Crippen LogP contribution < -0.4 is 11.1 Å². The molecule has 3 nitrogen and oxygen atoms in total. The van der Waals surface area contributed by atoms with Crippen LogP contribution in [-0.4, -0.2) is 12.5 Å². The van der Waals surface area contributed by atoms with Crippen molar-refractivity contribution in [1.82, 2.24) is 5.32 Å². The van der Waals surface area contributed by atoms with Crippen LogP contribution in [0.25, 0.3) is 0 Å². The largest absolute Gasteiger partial charge is 0.349 e. The Labute approximate surface area is 115 Å². The zero-order chi connectivity index (χ0) is 13.7. The molecule has 0 spiro atoms. The van der Waals surface area contributed by atoms with Crippen molar-refractivity contribution in [3.8, 4) is 0 Å². The van der Waals surface area contributed by atoms with Gasteiger partial charge in [-0.3, -0.25) is 4.79 Å². The van der Waals surface area contributed by atoms with E-state index in [4.69, 9.17) is 5.73 Å². The van der Waals surface area contributed by atoms with E-state index in [9.17, 15) is 4.79 Å². The Kier molecular flexibility index (Phi) is 4.59. The van der Waals surface area contributed by atoms with Crippen molar-refractivity contribution in [3.63, 3.8) is 0 Å². The molecule has 0 saturated heterocycles. The molecule has 0 aromatic heterocycles. The molecule has 1 aromatic rings. The second-order valence-corrected chi connectivity index (χ2v) is 5.56. The third-order valence-electron chi connectivity index (χ3n) is 4.27. The van der Waals surface area contributed by atoms with Gasteiger partial charge >= 0.3 is 0 Å². The lowest BCUT2D eigenvalue weighted by atomic mass is 9.68. The van der Waals surface area contributed by atoms with Crippen molar-refractivity contribution < 1.29 is 4.79 Å². The van der Waals surface area contributed by atoms with Gasteiger partial charge < -0.3 is 11.1 Å². The fourth-order valence-corrected chi connectivity index (χ4v) is 2.73. The summed E-state index contributed by atoms with van der Waals surface area (Å²) in [5.41, 5.74) is 6.69. The summed E-state index contributed by atoms with van der Waals surface area (Å²) in [4.78, 5) is 12.4. The number of carbonyl (C=O) groups is 1. The van der Waals surface area contributed by atoms with Gasteiger partial charge in [0.05, 0.1) is 11.5 Å². The number of carbonyl (C=O) groups excluding carboxylic acids is 1. The first-order valence-electron chi connectivity index (χ1n) is 7.28. The summed E-state index contributed by atoms with van der Waals surface area (Å²) >= 11 is 0. The minimum atomic E-state index is -0.291. The lowest BCUT2D eigenvalue weighted by Gasteiger charge is -2.40. The predicted octanol–water partition coefficient (Wildman–Crippen LogP) is 2.77. The zero-order valence-corrected chi connectivity index (χ0v) is 11.7. The van der Waals surface area contributed by atoms with Gasteiger partial charge in [0, 0.05) is 6.54 Å². The molecule has 1 aliphatic rings. The molecule has 1 atom stereocenters. The number of amides is 1. The van der Waals surface area contributed by atoms with Gasteiger partial charge in [-0.1, -0.05) is 50.1 Å². The Morgan fingerprint density at radius 1 is 1.37 bits per heavy atom. The van der Waals surface area contributed by atoms with E-state index in [1.54, 1.807) is 0 Å². The van der Waals surface area contributed by atoms with Crippen molar-refractivity contribution >= 4 is 5.91 Å². The van der Waals surface area contributed by atoms with Gasteiger partial charge in [0.25, 0.3) is 0 Å². The van der Waals surface area contributed by atoms with Crippen LogP contribution in [0.3, 0.4) is 0 Å². The molecule has 3 heteroatoms. The summed E-state index contributed by atoms with van der Waals surface area (Å²) in [5, 5.41) is 3.21. The highest BCUT2D eigenvalue weighted by atomic mass is 16.2. The maximum absolute atomic E-state index is 12.4. The zero-order valence-electron chi connectivity index (χ0n) is 11.7. The first-order valence-corrected chi connectivity index (χ1v) is 7.28. The van der Waals surface area contributed by atoms with Gasteiger partial charge in [-0.25, -0.2) is 0 Å². The number of hydrogen-bond acceptors (Lipinski definition) is 2. The van der Waals surface area contributed by atoms with Crippen LogP contribution in [0.15, 0.2) is 30.3 Å². The molecule has 1 unspecified atom stereocenters. The number of hydrogen-bond donors (Lipinski definition) is 2. The van der Waals surface area contributed by atoms with Gasteiger partial charge in [-0.2, -0.15) is 0 Å². The van der Waals surface area contributed by atoms with Crippen LogP contribution in [0.1, 0.15) is 50.6 Å². The number of nitrogens with two attached hydrogens (primary N) is 1. The molecule has 2 rings (SSSR count). The molecule has 1 saturated carbocycles. The smallest absolute Gasteiger partial charge is 0.227 e. The fourth-order valence-electron chi connectivity index (χ4n) is 2.73. The number of rotatable bonds is 6. The maximum atomic E-state index is 12.4. The van der Waals surface area contributed by atoms with Crippen LogP contribution in [0.5, 0.6) is 0 Å². The molecule has 0 aliphatic heterocycles. The second-order valence-electron chi connectivity index (χ2n) is 5.56. The molecule has 0 radical (unpaired) electrons. The quantitative estimate of drug-likeness (QED) is 0.826. The average molecular weight is 260 g/mol. The minimum absolute atomic E-state index is 0.114. The van der Waals surface area contributed by atoms with E-state index in [0.29, 0.717) is 6.54 Å². The predicted molar refractivity (Wildman–Crippen MR) is 77.6 cm³/mol. The van der Waals surface area contributed by atoms with Crippen molar-refractivity contribution in [2.75, 3.05) is 6.54 Å². The molecule has 1 fully saturated rings. The highest BCUT2D eigenvalue weighted by Gasteiger charge is 2.43. The van der Waals surface area contributed by atoms with E-state index in [0.717, 1.165) is 32.1 Å². The van der Waals surface area contributed by atoms with E-state index in [1.165, 1.54) is 5.56 Å². The fraction of sp³-hybridized carbons (Fsp3) is 0.562. The summed E-state index contributed by atoms with van der Waals surface area (Å²) in [7, 11) is 0. The van der Waals surface area contributed by atoms with E-state index in [2.05, 4.69) is 24.4 Å². The summed E-state index contributed by atoms with van der Waals surface area (Å²) in [6.45, 7) is 2.61. The highest BCUT2D eigenvalue weighted by Crippen LogP contribution is 2.40. The molecular formula is C16H24N2O. The summed E-state index contributed by atoms with van der Waals surface area (Å²) in [5.74, 6) is 0.142. The van der Waals surface area contributed by atoms with Gasteiger partial charge in [-0.15, -0.1) is 0 Å². The van der Waals surface area contributed by atoms with Gasteiger partial charge in [0.15, 0.2) is 0 Å². The molecular weight excluding hydrogens is 236 g/mol. The van der Waals surface area contributed by atoms with Crippen LogP contribution in [0.2, 0.25) is 0 Å². The Morgan fingerprint density at radius 3 is 2.53 bits per heavy atom. The summed E-state index contributed by atoms with van der Waals surface area (Å²) in [6, 6.07) is 10.3. The topological polar surface area (TPSA) is 55.1 Å². The third kappa shape index (κ3) is 2.98. The molecule has 1 amide bonds. The molecule has 19 heavy (non-hydrogen) atoms. The van der Waals surface area contributed by atoms with E-state index in [1.807, 2.05) is 18.2 Å². The highest BCUT2D eigenvalue weighted by molar-refractivity contribution is 5.84. The van der Waals surface area contributed by atoms with Gasteiger partial charge in [0.2, 0.25) is 5.91 Å². The molecule has 0 heterocycles. The van der Waals surface area contributed by atoms with Crippen LogP contribution in [0.4, 0.5) is 0 Å². The SMILES string of the molecule is CCCC(NC(=O)C1(CN)CCC1)c1ccccc1. The van der Waals surface area contributed by atoms with Crippen LogP contribution in [-0.2, 0) is 4.79 Å². The summed E-state index contributed by atoms with van der Waals surface area (Å²) in [6.07, 6.45) is 5.01. The standard InChI is InChI=1S/C16H24N2O/c1-2-7-14(13-8-4-3-5-9-13)18-15(19)16(12-17)10-6-11-16/h3-5,8-9,14H,2,6-7,10-12,17H2,1H3,(H,18,19). The van der Waals surface area contributed by atoms with Crippen LogP contribution >= 0.6 is 0 Å². The van der Waals surface area contributed by atoms with Crippen molar-refractivity contribution in [1.29, 1.82) is 0 Å². The first-order chi connectivity index (χ1) is 9.22. The minimum Gasteiger partial charge on any atom is -0.349 e. The maximum Gasteiger partial charge on any atom is 0.227 e. The first kappa shape index (κ1) is 14.1. The lowest BCUT2D eigenvalue weighted by molar-refractivity contribution is -0.136. The van der Waals surface area contributed by atoms with Crippen LogP contribution in [0, 0.1) is 5.41 Å². The van der Waals surface area contributed by atoms with E-state index in [-0.39, 0.29) is 17.4 Å². The molecule has 1 aromatic carbocycles. The lowest BCUT2D eigenvalue weighted by Crippen LogP contribution is -2.51. The van der Waals surface area contributed by atoms with Crippen molar-refractivity contribution in [2.24, 2.45) is 11.1 Å². The van der Waals surface area contributed by atoms with Gasteiger partial charge in [-0.05, 0) is 24.8 Å². The summed E-state index contributed by atoms with van der Waals surface area (Å²) < 4.78 is 0. The Bertz CT molecular complexity index is 407. The normalized spacial score (nSPS) is 18.4. The van der Waals surface area contributed by atoms with E-state index >= 15 is 0 Å². The molecule has 1 aliphatic carbocycles. The monoisotopic (exact) mass is 260 g/mol. The average Bonchev–Trinajstić information content (AvgIpc) is 2.39. The Balaban J connectivity index is 2.07. The number of benzene rings is 1. The molecule has 3 N–H and O–H groups in total. The van der Waals surface area contributed by atoms with Crippen molar-refractivity contribution in [3.05, 3.63) is 35.9 Å². The Hall–Kier alpha value is -1.35.